The van der Waals surface area contributed by atoms with E-state index in [4.69, 9.17) is 4.74 Å². The van der Waals surface area contributed by atoms with Gasteiger partial charge in [0.2, 0.25) is 0 Å². The number of hydrogen-bond donors (Lipinski definition) is 1. The monoisotopic (exact) mass is 290 g/mol. The molecule has 0 saturated carbocycles. The molecule has 1 amide bonds. The molecule has 0 radical (unpaired) electrons. The van der Waals surface area contributed by atoms with E-state index >= 15 is 0 Å². The second-order valence-electron chi connectivity index (χ2n) is 6.25. The maximum atomic E-state index is 12.9. The van der Waals surface area contributed by atoms with Crippen LogP contribution >= 0.6 is 0 Å². The van der Waals surface area contributed by atoms with E-state index in [1.807, 2.05) is 29.2 Å². The lowest BCUT2D eigenvalue weighted by Crippen LogP contribution is -2.57. The van der Waals surface area contributed by atoms with Gasteiger partial charge in [-0.05, 0) is 31.4 Å². The van der Waals surface area contributed by atoms with E-state index in [-0.39, 0.29) is 11.9 Å². The van der Waals surface area contributed by atoms with E-state index in [1.54, 1.807) is 7.11 Å². The second kappa shape index (κ2) is 6.94. The van der Waals surface area contributed by atoms with Crippen molar-refractivity contribution in [3.05, 3.63) is 29.8 Å². The molecule has 2 unspecified atom stereocenters. The lowest BCUT2D eigenvalue weighted by molar-refractivity contribution is 0.0560. The summed E-state index contributed by atoms with van der Waals surface area (Å²) in [6, 6.07) is 8.04. The van der Waals surface area contributed by atoms with Crippen LogP contribution in [0.5, 0.6) is 5.75 Å². The predicted octanol–water partition coefficient (Wildman–Crippen LogP) is 2.54. The van der Waals surface area contributed by atoms with Gasteiger partial charge in [0.25, 0.3) is 5.91 Å². The Morgan fingerprint density at radius 3 is 2.81 bits per heavy atom. The lowest BCUT2D eigenvalue weighted by Gasteiger charge is -2.40. The summed E-state index contributed by atoms with van der Waals surface area (Å²) in [5, 5.41) is 3.48. The summed E-state index contributed by atoms with van der Waals surface area (Å²) >= 11 is 0. The molecule has 0 aliphatic carbocycles. The van der Waals surface area contributed by atoms with Gasteiger partial charge < -0.3 is 15.0 Å². The van der Waals surface area contributed by atoms with Crippen LogP contribution in [-0.2, 0) is 0 Å². The summed E-state index contributed by atoms with van der Waals surface area (Å²) in [7, 11) is 1.61. The third kappa shape index (κ3) is 3.76. The Morgan fingerprint density at radius 2 is 2.14 bits per heavy atom. The van der Waals surface area contributed by atoms with Crippen molar-refractivity contribution in [1.29, 1.82) is 0 Å². The molecule has 0 spiro atoms. The zero-order chi connectivity index (χ0) is 15.4. The van der Waals surface area contributed by atoms with E-state index in [9.17, 15) is 4.79 Å². The van der Waals surface area contributed by atoms with Crippen molar-refractivity contribution >= 4 is 5.91 Å². The number of piperazine rings is 1. The number of carbonyl (C=O) groups excluding carboxylic acids is 1. The smallest absolute Gasteiger partial charge is 0.257 e. The number of benzene rings is 1. The maximum Gasteiger partial charge on any atom is 0.257 e. The summed E-state index contributed by atoms with van der Waals surface area (Å²) in [6.07, 6.45) is 1.01. The molecule has 1 fully saturated rings. The quantitative estimate of drug-likeness (QED) is 0.926. The average Bonchev–Trinajstić information content (AvgIpc) is 2.48. The van der Waals surface area contributed by atoms with Crippen LogP contribution in [0.2, 0.25) is 0 Å². The van der Waals surface area contributed by atoms with Gasteiger partial charge in [-0.2, -0.15) is 0 Å². The van der Waals surface area contributed by atoms with Gasteiger partial charge >= 0.3 is 0 Å². The number of nitrogens with zero attached hydrogens (tertiary/aromatic N) is 1. The molecule has 1 aromatic carbocycles. The molecule has 1 aliphatic heterocycles. The Morgan fingerprint density at radius 1 is 1.43 bits per heavy atom. The molecule has 21 heavy (non-hydrogen) atoms. The Balaban J connectivity index is 2.24. The molecule has 1 aromatic rings. The van der Waals surface area contributed by atoms with Crippen molar-refractivity contribution in [1.82, 2.24) is 10.2 Å². The fourth-order valence-corrected chi connectivity index (χ4v) is 2.94. The Labute approximate surface area is 127 Å². The van der Waals surface area contributed by atoms with Crippen molar-refractivity contribution in [2.24, 2.45) is 5.92 Å². The first-order valence-electron chi connectivity index (χ1n) is 7.70. The molecule has 0 bridgehead atoms. The summed E-state index contributed by atoms with van der Waals surface area (Å²) in [6.45, 7) is 8.12. The first kappa shape index (κ1) is 15.8. The number of carbonyl (C=O) groups is 1. The van der Waals surface area contributed by atoms with Gasteiger partial charge in [0.1, 0.15) is 5.75 Å². The molecular weight excluding hydrogens is 264 g/mol. The molecule has 1 aliphatic rings. The molecular formula is C17H26N2O2. The number of ether oxygens (including phenoxy) is 1. The van der Waals surface area contributed by atoms with Gasteiger partial charge in [-0.1, -0.05) is 26.0 Å². The average molecular weight is 290 g/mol. The summed E-state index contributed by atoms with van der Waals surface area (Å²) in [5.74, 6) is 1.29. The normalized spacial score (nSPS) is 22.4. The van der Waals surface area contributed by atoms with E-state index < -0.39 is 0 Å². The van der Waals surface area contributed by atoms with E-state index in [0.717, 1.165) is 19.5 Å². The van der Waals surface area contributed by atoms with Gasteiger partial charge in [0.05, 0.1) is 12.7 Å². The van der Waals surface area contributed by atoms with Crippen LogP contribution in [0.1, 0.15) is 37.6 Å². The number of amides is 1. The molecule has 1 saturated heterocycles. The summed E-state index contributed by atoms with van der Waals surface area (Å²) < 4.78 is 5.34. The number of para-hydroxylation sites is 1. The molecule has 4 nitrogen and oxygen atoms in total. The maximum absolute atomic E-state index is 12.9. The minimum Gasteiger partial charge on any atom is -0.496 e. The van der Waals surface area contributed by atoms with Crippen LogP contribution in [0.25, 0.3) is 0 Å². The van der Waals surface area contributed by atoms with Crippen LogP contribution in [0.15, 0.2) is 24.3 Å². The van der Waals surface area contributed by atoms with Crippen LogP contribution in [0.4, 0.5) is 0 Å². The second-order valence-corrected chi connectivity index (χ2v) is 6.25. The van der Waals surface area contributed by atoms with E-state index in [1.165, 1.54) is 0 Å². The van der Waals surface area contributed by atoms with Crippen molar-refractivity contribution in [3.8, 4) is 5.75 Å². The first-order chi connectivity index (χ1) is 10.0. The van der Waals surface area contributed by atoms with Crippen molar-refractivity contribution in [2.45, 2.75) is 39.3 Å². The van der Waals surface area contributed by atoms with Gasteiger partial charge in [0.15, 0.2) is 0 Å². The van der Waals surface area contributed by atoms with E-state index in [0.29, 0.717) is 23.3 Å². The van der Waals surface area contributed by atoms with Crippen molar-refractivity contribution < 1.29 is 9.53 Å². The molecule has 116 valence electrons. The molecule has 2 atom stereocenters. The number of rotatable bonds is 4. The van der Waals surface area contributed by atoms with Crippen LogP contribution in [-0.4, -0.2) is 43.1 Å². The topological polar surface area (TPSA) is 41.6 Å². The highest BCUT2D eigenvalue weighted by Gasteiger charge is 2.31. The number of hydrogen-bond acceptors (Lipinski definition) is 3. The van der Waals surface area contributed by atoms with Gasteiger partial charge in [-0.25, -0.2) is 0 Å². The first-order valence-corrected chi connectivity index (χ1v) is 7.70. The zero-order valence-corrected chi connectivity index (χ0v) is 13.4. The third-order valence-corrected chi connectivity index (χ3v) is 3.95. The minimum atomic E-state index is 0.0754. The minimum absolute atomic E-state index is 0.0754. The fourth-order valence-electron chi connectivity index (χ4n) is 2.94. The Bertz CT molecular complexity index is 487. The molecule has 2 rings (SSSR count). The highest BCUT2D eigenvalue weighted by molar-refractivity contribution is 5.97. The fraction of sp³-hybridized carbons (Fsp3) is 0.588. The highest BCUT2D eigenvalue weighted by Crippen LogP contribution is 2.23. The molecule has 1 N–H and O–H groups in total. The Hall–Kier alpha value is -1.55. The standard InChI is InChI=1S/C17H26N2O2/c1-12(2)9-14-10-18-13(3)11-19(14)17(20)15-7-5-6-8-16(15)21-4/h5-8,12-14,18H,9-11H2,1-4H3. The summed E-state index contributed by atoms with van der Waals surface area (Å²) in [4.78, 5) is 14.9. The molecule has 1 heterocycles. The van der Waals surface area contributed by atoms with Crippen LogP contribution in [0.3, 0.4) is 0 Å². The number of nitrogens with one attached hydrogen (secondary N) is 1. The molecule has 0 aromatic heterocycles. The lowest BCUT2D eigenvalue weighted by atomic mass is 9.98. The summed E-state index contributed by atoms with van der Waals surface area (Å²) in [5.41, 5.74) is 0.655. The van der Waals surface area contributed by atoms with Crippen molar-refractivity contribution in [2.75, 3.05) is 20.2 Å². The van der Waals surface area contributed by atoms with Gasteiger partial charge in [0, 0.05) is 25.2 Å². The SMILES string of the molecule is COc1ccccc1C(=O)N1CC(C)NCC1CC(C)C. The van der Waals surface area contributed by atoms with Gasteiger partial charge in [-0.3, -0.25) is 4.79 Å². The van der Waals surface area contributed by atoms with Gasteiger partial charge in [-0.15, -0.1) is 0 Å². The molecule has 4 heteroatoms. The Kier molecular flexibility index (Phi) is 5.23. The predicted molar refractivity (Wildman–Crippen MR) is 84.7 cm³/mol. The largest absolute Gasteiger partial charge is 0.496 e. The van der Waals surface area contributed by atoms with Crippen LogP contribution in [0, 0.1) is 5.92 Å². The highest BCUT2D eigenvalue weighted by atomic mass is 16.5. The third-order valence-electron chi connectivity index (χ3n) is 3.95. The van der Waals surface area contributed by atoms with E-state index in [2.05, 4.69) is 26.1 Å². The number of methoxy groups -OCH3 is 1. The van der Waals surface area contributed by atoms with Crippen LogP contribution < -0.4 is 10.1 Å². The zero-order valence-electron chi connectivity index (χ0n) is 13.4. The van der Waals surface area contributed by atoms with Crippen molar-refractivity contribution in [3.63, 3.8) is 0 Å².